The van der Waals surface area contributed by atoms with Crippen molar-refractivity contribution in [1.29, 1.82) is 0 Å². The molecule has 0 saturated carbocycles. The van der Waals surface area contributed by atoms with Gasteiger partial charge in [-0.15, -0.1) is 0 Å². The van der Waals surface area contributed by atoms with Crippen LogP contribution in [0.4, 0.5) is 4.39 Å². The first-order chi connectivity index (χ1) is 54.9. The molecule has 17 rings (SSSR count). The number of para-hydroxylation sites is 2. The summed E-state index contributed by atoms with van der Waals surface area (Å²) in [4.78, 5) is 98.4. The van der Waals surface area contributed by atoms with Crippen molar-refractivity contribution in [1.82, 2.24) is 71.0 Å². The third-order valence-corrected chi connectivity index (χ3v) is 23.1. The summed E-state index contributed by atoms with van der Waals surface area (Å²) in [6.45, 7) is 38.5. The Balaban J connectivity index is 0.000000126. The first-order valence-electron chi connectivity index (χ1n) is 39.8. The highest BCUT2D eigenvalue weighted by molar-refractivity contribution is 9.13. The molecule has 10 aromatic heterocycles. The molecule has 3 N–H and O–H groups in total. The zero-order valence-electron chi connectivity index (χ0n) is 68.7. The van der Waals surface area contributed by atoms with Crippen molar-refractivity contribution in [2.75, 3.05) is 0 Å². The first-order valence-corrected chi connectivity index (χ1v) is 41.3. The number of aromatic nitrogens is 15. The van der Waals surface area contributed by atoms with Crippen molar-refractivity contribution in [3.05, 3.63) is 297 Å². The molecular weight excluding hydrogens is 1570 g/mol. The van der Waals surface area contributed by atoms with E-state index in [-0.39, 0.29) is 62.7 Å². The van der Waals surface area contributed by atoms with Gasteiger partial charge in [-0.25, -0.2) is 51.3 Å². The fraction of sp³-hybridized carbons (Fsp3) is 0.326. The summed E-state index contributed by atoms with van der Waals surface area (Å²) in [5, 5.41) is 0. The predicted molar refractivity (Wildman–Crippen MR) is 472 cm³/mol. The summed E-state index contributed by atoms with van der Waals surface area (Å²) in [5.74, 6) is 3.68. The number of imidazole rings is 5. The van der Waals surface area contributed by atoms with Gasteiger partial charge in [0.1, 0.15) is 5.82 Å². The number of H-pyrrole nitrogens is 3. The third-order valence-electron chi connectivity index (χ3n) is 21.3. The lowest BCUT2D eigenvalue weighted by Crippen LogP contribution is -2.27. The van der Waals surface area contributed by atoms with Gasteiger partial charge in [-0.05, 0) is 184 Å². The molecule has 10 heterocycles. The lowest BCUT2D eigenvalue weighted by molar-refractivity contribution is 0.558. The Morgan fingerprint density at radius 3 is 1.25 bits per heavy atom. The smallest absolute Gasteiger partial charge is 0.263 e. The van der Waals surface area contributed by atoms with Gasteiger partial charge >= 0.3 is 0 Å². The lowest BCUT2D eigenvalue weighted by Gasteiger charge is -2.21. The maximum atomic E-state index is 13.4. The van der Waals surface area contributed by atoms with Crippen LogP contribution in [0.15, 0.2) is 185 Å². The zero-order chi connectivity index (χ0) is 82.5. The second kappa shape index (κ2) is 33.3. The molecule has 0 unspecified atom stereocenters. The van der Waals surface area contributed by atoms with Crippen LogP contribution >= 0.6 is 31.9 Å². The Morgan fingerprint density at radius 2 is 0.765 bits per heavy atom. The van der Waals surface area contributed by atoms with Crippen LogP contribution in [-0.2, 0) is 50.6 Å². The molecule has 7 aromatic carbocycles. The Morgan fingerprint density at radius 1 is 0.374 bits per heavy atom. The van der Waals surface area contributed by atoms with Gasteiger partial charge in [0.15, 0.2) is 0 Å². The summed E-state index contributed by atoms with van der Waals surface area (Å²) in [6, 6.07) is 49.0. The number of halogens is 3. The number of nitrogens with one attached hydrogen (secondary N) is 3. The highest BCUT2D eigenvalue weighted by Gasteiger charge is 2.27. The minimum atomic E-state index is -0.354. The highest BCUT2D eigenvalue weighted by Crippen LogP contribution is 2.32. The average Bonchev–Trinajstić information content (AvgIpc) is 1.60. The highest BCUT2D eigenvalue weighted by atomic mass is 79.9. The average molecular weight is 1670 g/mol. The van der Waals surface area contributed by atoms with E-state index in [1.807, 2.05) is 127 Å². The quantitative estimate of drug-likeness (QED) is 0.0988. The molecule has 0 aliphatic heterocycles. The van der Waals surface area contributed by atoms with E-state index in [0.717, 1.165) is 126 Å². The monoisotopic (exact) mass is 1670 g/mol. The number of aromatic amines is 3. The summed E-state index contributed by atoms with van der Waals surface area (Å²) in [7, 11) is 0. The van der Waals surface area contributed by atoms with E-state index in [4.69, 9.17) is 9.97 Å². The normalized spacial score (nSPS) is 11.9. The number of nitrogens with zero attached hydrogens (tertiary/aromatic N) is 12. The van der Waals surface area contributed by atoms with Crippen LogP contribution < -0.4 is 27.8 Å². The summed E-state index contributed by atoms with van der Waals surface area (Å²) < 4.78 is 27.9. The molecule has 23 heteroatoms. The number of hydrogen-bond acceptors (Lipinski definition) is 10. The standard InChI is InChI=1S/2C23H25N3O.C16H19N3O.C15H15Br2N3O.C15H16FN3O/c1-5-18-21(15(2)3)24-23-25(14-17-9-7-6-8-10-17)20-13-16(4)11-12-19(20)26(23)22(18)27;1-5-18-21(15(2)3)24-23-25(14-17-9-7-6-8-10-17)19-12-11-16(4)13-20(19)26(23)22(18)27;1-5-10-13(16(2,3)4)18-15-17-11-8-6-7-9-12(11)19(15)14(10)20;1-4-8-13(7(2)3)19-15-18-11-5-9(16)10(17)6-12(11)20(15)14(8)21;1-4-10-13(8(2)3)18-15-17-11-7-9(16)5-6-12(11)19(15)14(10)20/h2*6-13,15H,5,14H2,1-4H3;6-9H,5H2,1-4H3,(H,17,18);5-7H,4H2,1-3H3,(H,18,19);5-8H,4H2,1-3H3,(H,17,18). The van der Waals surface area contributed by atoms with Crippen LogP contribution in [0.5, 0.6) is 0 Å². The summed E-state index contributed by atoms with van der Waals surface area (Å²) in [6.07, 6.45) is 3.46. The van der Waals surface area contributed by atoms with Crippen LogP contribution in [0.3, 0.4) is 0 Å². The molecule has 17 aromatic rings. The molecule has 0 amide bonds. The lowest BCUT2D eigenvalue weighted by atomic mass is 9.88. The number of aryl methyl sites for hydroxylation is 2. The maximum absolute atomic E-state index is 13.4. The molecule has 594 valence electrons. The van der Waals surface area contributed by atoms with Gasteiger partial charge in [-0.1, -0.05) is 196 Å². The largest absolute Gasteiger partial charge is 0.328 e. The molecule has 20 nitrogen and oxygen atoms in total. The van der Waals surface area contributed by atoms with Gasteiger partial charge in [-0.3, -0.25) is 24.0 Å². The topological polar surface area (TPSA) is 229 Å². The maximum Gasteiger partial charge on any atom is 0.263 e. The number of hydrogen-bond donors (Lipinski definition) is 3. The molecule has 115 heavy (non-hydrogen) atoms. The number of benzene rings is 7. The fourth-order valence-corrected chi connectivity index (χ4v) is 16.3. The fourth-order valence-electron chi connectivity index (χ4n) is 15.7. The van der Waals surface area contributed by atoms with E-state index in [1.165, 1.54) is 33.2 Å². The Labute approximate surface area is 682 Å². The van der Waals surface area contributed by atoms with Crippen molar-refractivity contribution >= 4 is 116 Å². The van der Waals surface area contributed by atoms with Gasteiger partial charge in [-0.2, -0.15) is 0 Å². The molecule has 0 spiro atoms. The molecule has 0 fully saturated rings. The van der Waals surface area contributed by atoms with Crippen LogP contribution in [0.2, 0.25) is 0 Å². The van der Waals surface area contributed by atoms with E-state index in [1.54, 1.807) is 23.7 Å². The van der Waals surface area contributed by atoms with E-state index in [2.05, 4.69) is 202 Å². The van der Waals surface area contributed by atoms with Crippen LogP contribution in [-0.4, -0.2) is 71.0 Å². The number of fused-ring (bicyclic) bond motifs is 15. The molecule has 0 aliphatic rings. The van der Waals surface area contributed by atoms with Crippen LogP contribution in [0, 0.1) is 19.7 Å². The Kier molecular flexibility index (Phi) is 23.7. The van der Waals surface area contributed by atoms with Crippen molar-refractivity contribution in [2.24, 2.45) is 0 Å². The molecule has 0 radical (unpaired) electrons. The van der Waals surface area contributed by atoms with Crippen molar-refractivity contribution in [3.63, 3.8) is 0 Å². The first kappa shape index (κ1) is 81.8. The summed E-state index contributed by atoms with van der Waals surface area (Å²) in [5.41, 5.74) is 21.8. The second-order valence-corrected chi connectivity index (χ2v) is 33.4. The van der Waals surface area contributed by atoms with Gasteiger partial charge in [0.05, 0.1) is 79.6 Å². The molecule has 0 aliphatic carbocycles. The van der Waals surface area contributed by atoms with Gasteiger partial charge in [0.2, 0.25) is 28.9 Å². The van der Waals surface area contributed by atoms with E-state index in [0.29, 0.717) is 73.6 Å². The molecule has 0 atom stereocenters. The van der Waals surface area contributed by atoms with Crippen molar-refractivity contribution < 1.29 is 4.39 Å². The third kappa shape index (κ3) is 15.6. The van der Waals surface area contributed by atoms with Crippen molar-refractivity contribution in [2.45, 2.75) is 199 Å². The van der Waals surface area contributed by atoms with Gasteiger partial charge < -0.3 is 24.1 Å². The Bertz CT molecular complexity index is 6890. The summed E-state index contributed by atoms with van der Waals surface area (Å²) >= 11 is 6.96. The predicted octanol–water partition coefficient (Wildman–Crippen LogP) is 19.8. The van der Waals surface area contributed by atoms with Gasteiger partial charge in [0.25, 0.3) is 27.8 Å². The SMILES string of the molecule is CCc1c(C(C)(C)C)[nH]c2nc3ccccc3n2c1=O.CCc1c(C(C)C)[nH]c2nc3cc(Br)c(Br)cc3n2c1=O.CCc1c(C(C)C)[nH]c2nc3cc(F)ccc3n2c1=O.CCc1c(C(C)C)nc2n(Cc3ccccc3)c3cc(C)ccc3n2c1=O.CCc1c(C(C)C)nc2n(Cc3ccccc3)c3ccc(C)cc3n2c1=O. The van der Waals surface area contributed by atoms with Crippen LogP contribution in [0.25, 0.3) is 84.1 Å². The van der Waals surface area contributed by atoms with Gasteiger partial charge in [0, 0.05) is 65.3 Å². The number of rotatable bonds is 13. The van der Waals surface area contributed by atoms with E-state index >= 15 is 0 Å². The molecular formula is C92H100Br2FN15O5. The zero-order valence-corrected chi connectivity index (χ0v) is 71.9. The minimum Gasteiger partial charge on any atom is -0.328 e. The van der Waals surface area contributed by atoms with E-state index < -0.39 is 0 Å². The van der Waals surface area contributed by atoms with Crippen LogP contribution in [0.1, 0.15) is 213 Å². The van der Waals surface area contributed by atoms with Crippen molar-refractivity contribution in [3.8, 4) is 0 Å². The molecule has 0 bridgehead atoms. The second-order valence-electron chi connectivity index (χ2n) is 31.7. The molecule has 0 saturated heterocycles. The van der Waals surface area contributed by atoms with E-state index in [9.17, 15) is 28.4 Å². The minimum absolute atomic E-state index is 0.0201. The Hall–Kier alpha value is -11.2.